The smallest absolute Gasteiger partial charge is 0.463 e. The largest absolute Gasteiger partial charge is 0.472 e. The van der Waals surface area contributed by atoms with Crippen LogP contribution in [0, 0.1) is 33.0 Å². The summed E-state index contributed by atoms with van der Waals surface area (Å²) in [6, 6.07) is 0. The molecule has 286 valence electrons. The van der Waals surface area contributed by atoms with Gasteiger partial charge in [-0.3, -0.25) is 18.6 Å². The van der Waals surface area contributed by atoms with Crippen LogP contribution in [0.25, 0.3) is 0 Å². The van der Waals surface area contributed by atoms with Crippen molar-refractivity contribution >= 4 is 35.7 Å². The van der Waals surface area contributed by atoms with Gasteiger partial charge >= 0.3 is 19.8 Å². The van der Waals surface area contributed by atoms with Crippen molar-refractivity contribution < 1.29 is 46.5 Å². The SMILES string of the molecule is CC(C)CC(C)(CC(C)(C(=O)OCC[N+](C)(C)C)C(C)(C)Br)C(C)(C)C(C)(CC(C)(C)C)C(=O)OCCOP(=O)(O)OCC[N+](C)(C)C. The predicted molar refractivity (Wildman–Crippen MR) is 199 cm³/mol. The van der Waals surface area contributed by atoms with E-state index in [1.165, 1.54) is 0 Å². The van der Waals surface area contributed by atoms with Gasteiger partial charge in [-0.15, -0.1) is 0 Å². The first-order valence-corrected chi connectivity index (χ1v) is 19.6. The van der Waals surface area contributed by atoms with Crippen molar-refractivity contribution in [3.05, 3.63) is 0 Å². The van der Waals surface area contributed by atoms with Crippen LogP contribution >= 0.6 is 23.8 Å². The quantitative estimate of drug-likeness (QED) is 0.0416. The van der Waals surface area contributed by atoms with Gasteiger partial charge in [0.05, 0.1) is 59.7 Å². The van der Waals surface area contributed by atoms with Crippen LogP contribution in [0.4, 0.5) is 0 Å². The molecule has 0 saturated heterocycles. The Bertz CT molecular complexity index is 1100. The van der Waals surface area contributed by atoms with Crippen LogP contribution in [0.5, 0.6) is 0 Å². The fourth-order valence-corrected chi connectivity index (χ4v) is 7.51. The third-order valence-corrected chi connectivity index (χ3v) is 12.1. The van der Waals surface area contributed by atoms with Crippen LogP contribution < -0.4 is 0 Å². The van der Waals surface area contributed by atoms with E-state index in [1.54, 1.807) is 0 Å². The highest BCUT2D eigenvalue weighted by molar-refractivity contribution is 9.10. The number of alkyl halides is 1. The van der Waals surface area contributed by atoms with Gasteiger partial charge in [-0.25, -0.2) is 4.57 Å². The van der Waals surface area contributed by atoms with E-state index in [4.69, 9.17) is 18.5 Å². The molecule has 0 heterocycles. The Morgan fingerprint density at radius 1 is 0.688 bits per heavy atom. The van der Waals surface area contributed by atoms with Gasteiger partial charge in [0.15, 0.2) is 0 Å². The zero-order valence-electron chi connectivity index (χ0n) is 34.0. The maximum Gasteiger partial charge on any atom is 0.472 e. The van der Waals surface area contributed by atoms with Crippen molar-refractivity contribution in [3.63, 3.8) is 0 Å². The zero-order valence-corrected chi connectivity index (χ0v) is 36.4. The highest BCUT2D eigenvalue weighted by Crippen LogP contribution is 2.63. The Balaban J connectivity index is 6.55. The van der Waals surface area contributed by atoms with E-state index in [9.17, 15) is 19.0 Å². The molecule has 0 aromatic heterocycles. The number of phosphoric ester groups is 1. The number of nitrogens with zero attached hydrogens (tertiary/aromatic N) is 2. The molecule has 0 saturated carbocycles. The number of likely N-dealkylation sites (N-methyl/N-ethyl adjacent to an activating group) is 2. The molecule has 4 unspecified atom stereocenters. The minimum Gasteiger partial charge on any atom is -0.463 e. The lowest BCUT2D eigenvalue weighted by Gasteiger charge is -2.58. The maximum absolute atomic E-state index is 14.3. The second kappa shape index (κ2) is 16.9. The first-order valence-electron chi connectivity index (χ1n) is 17.3. The monoisotopic (exact) mass is 772 g/mol. The summed E-state index contributed by atoms with van der Waals surface area (Å²) in [5.74, 6) is -0.409. The highest BCUT2D eigenvalue weighted by Gasteiger charge is 2.62. The molecular formula is C36H74BrN2O8P+2. The fraction of sp³-hybridized carbons (Fsp3) is 0.944. The molecule has 0 aliphatic rings. The summed E-state index contributed by atoms with van der Waals surface area (Å²) in [6.45, 7) is 26.1. The van der Waals surface area contributed by atoms with Crippen molar-refractivity contribution in [2.75, 3.05) is 81.8 Å². The first kappa shape index (κ1) is 47.4. The lowest BCUT2D eigenvalue weighted by Crippen LogP contribution is -2.57. The number of ether oxygens (including phenoxy) is 2. The molecule has 0 aromatic carbocycles. The van der Waals surface area contributed by atoms with Crippen LogP contribution in [0.15, 0.2) is 0 Å². The Morgan fingerprint density at radius 3 is 1.52 bits per heavy atom. The molecule has 48 heavy (non-hydrogen) atoms. The Hall–Kier alpha value is -0.550. The van der Waals surface area contributed by atoms with Crippen molar-refractivity contribution in [3.8, 4) is 0 Å². The molecule has 12 heteroatoms. The van der Waals surface area contributed by atoms with Gasteiger partial charge in [-0.1, -0.05) is 71.3 Å². The molecule has 0 bridgehead atoms. The number of rotatable bonds is 21. The molecular weight excluding hydrogens is 699 g/mol. The second-order valence-electron chi connectivity index (χ2n) is 19.3. The summed E-state index contributed by atoms with van der Waals surface area (Å²) in [5, 5.41) is 0. The molecule has 1 N–H and O–H groups in total. The number of carbonyl (C=O) groups is 2. The Morgan fingerprint density at radius 2 is 1.10 bits per heavy atom. The minimum atomic E-state index is -4.31. The molecule has 4 atom stereocenters. The molecule has 0 radical (unpaired) electrons. The Labute approximate surface area is 302 Å². The van der Waals surface area contributed by atoms with E-state index in [0.717, 1.165) is 6.42 Å². The lowest BCUT2D eigenvalue weighted by molar-refractivity contribution is -0.870. The third-order valence-electron chi connectivity index (χ3n) is 10.2. The molecule has 0 aliphatic heterocycles. The number of quaternary nitrogens is 2. The second-order valence-corrected chi connectivity index (χ2v) is 22.7. The van der Waals surface area contributed by atoms with E-state index in [0.29, 0.717) is 41.5 Å². The van der Waals surface area contributed by atoms with Crippen molar-refractivity contribution in [2.24, 2.45) is 33.0 Å². The van der Waals surface area contributed by atoms with Crippen LogP contribution in [-0.2, 0) is 32.7 Å². The van der Waals surface area contributed by atoms with Crippen LogP contribution in [0.2, 0.25) is 0 Å². The van der Waals surface area contributed by atoms with Gasteiger partial charge in [0.2, 0.25) is 0 Å². The minimum absolute atomic E-state index is 0.0524. The lowest BCUT2D eigenvalue weighted by atomic mass is 9.46. The summed E-state index contributed by atoms with van der Waals surface area (Å²) < 4.78 is 35.1. The van der Waals surface area contributed by atoms with Gasteiger partial charge in [0, 0.05) is 4.32 Å². The summed E-state index contributed by atoms with van der Waals surface area (Å²) in [6.07, 6.45) is 1.72. The van der Waals surface area contributed by atoms with Gasteiger partial charge < -0.3 is 23.3 Å². The van der Waals surface area contributed by atoms with Gasteiger partial charge in [-0.2, -0.15) is 0 Å². The van der Waals surface area contributed by atoms with Crippen LogP contribution in [0.1, 0.15) is 102 Å². The summed E-state index contributed by atoms with van der Waals surface area (Å²) >= 11 is 3.87. The molecule has 0 spiro atoms. The maximum atomic E-state index is 14.3. The molecule has 0 fully saturated rings. The van der Waals surface area contributed by atoms with Crippen LogP contribution in [0.3, 0.4) is 0 Å². The zero-order chi connectivity index (χ0) is 38.4. The topological polar surface area (TPSA) is 108 Å². The first-order chi connectivity index (χ1) is 21.0. The molecule has 0 aliphatic carbocycles. The molecule has 0 amide bonds. The molecule has 10 nitrogen and oxygen atoms in total. The normalized spacial score (nSPS) is 18.8. The predicted octanol–water partition coefficient (Wildman–Crippen LogP) is 7.71. The number of hydrogen-bond acceptors (Lipinski definition) is 7. The molecule has 0 rings (SSSR count). The highest BCUT2D eigenvalue weighted by atomic mass is 79.9. The number of phosphoric acid groups is 1. The number of halogens is 1. The van der Waals surface area contributed by atoms with Crippen molar-refractivity contribution in [1.29, 1.82) is 0 Å². The number of esters is 2. The van der Waals surface area contributed by atoms with Crippen molar-refractivity contribution in [2.45, 2.75) is 107 Å². The van der Waals surface area contributed by atoms with Crippen LogP contribution in [-0.4, -0.2) is 112 Å². The van der Waals surface area contributed by atoms with Gasteiger partial charge in [-0.05, 0) is 69.1 Å². The van der Waals surface area contributed by atoms with E-state index in [1.807, 2.05) is 48.8 Å². The summed E-state index contributed by atoms with van der Waals surface area (Å²) in [4.78, 5) is 38.5. The van der Waals surface area contributed by atoms with E-state index in [-0.39, 0.29) is 37.1 Å². The standard InChI is InChI=1S/C36H73BrN2O8P/c1-28(2)25-34(10,27-36(12,33(8,9)37)30(41)44-21-19-38(13,14)15)32(6,7)35(11,26-31(3,4)5)29(40)45-23-24-47-48(42,43)46-22-20-39(16,17)18/h28H,19-27H2,1-18H3/q+1/p+1. The van der Waals surface area contributed by atoms with Gasteiger partial charge in [0.1, 0.15) is 32.9 Å². The molecule has 0 aromatic rings. The third kappa shape index (κ3) is 14.6. The Kier molecular flexibility index (Phi) is 16.7. The summed E-state index contributed by atoms with van der Waals surface area (Å²) in [7, 11) is 7.75. The average Bonchev–Trinajstić information content (AvgIpc) is 2.82. The van der Waals surface area contributed by atoms with Gasteiger partial charge in [0.25, 0.3) is 0 Å². The van der Waals surface area contributed by atoms with E-state index >= 15 is 0 Å². The van der Waals surface area contributed by atoms with Crippen molar-refractivity contribution in [1.82, 2.24) is 0 Å². The number of carbonyl (C=O) groups excluding carboxylic acids is 2. The average molecular weight is 774 g/mol. The van der Waals surface area contributed by atoms with E-state index < -0.39 is 39.8 Å². The van der Waals surface area contributed by atoms with E-state index in [2.05, 4.69) is 92.5 Å². The number of hydrogen-bond donors (Lipinski definition) is 1. The summed E-state index contributed by atoms with van der Waals surface area (Å²) in [5.41, 5.74) is -3.44. The fourth-order valence-electron chi connectivity index (χ4n) is 6.51.